The Kier molecular flexibility index (Phi) is 8.37. The lowest BCUT2D eigenvalue weighted by molar-refractivity contribution is -0.147. The molecule has 0 aromatic rings. The van der Waals surface area contributed by atoms with Gasteiger partial charge in [0.25, 0.3) is 0 Å². The molecule has 102 valence electrons. The molecule has 0 saturated heterocycles. The van der Waals surface area contributed by atoms with Gasteiger partial charge in [-0.15, -0.1) is 0 Å². The third-order valence-electron chi connectivity index (χ3n) is 1.86. The number of aliphatic hydroxyl groups excluding tert-OH is 1. The van der Waals surface area contributed by atoms with E-state index in [0.717, 1.165) is 19.3 Å². The quantitative estimate of drug-likeness (QED) is 0.319. The van der Waals surface area contributed by atoms with E-state index in [1.54, 1.807) is 0 Å². The molecule has 0 unspecified atom stereocenters. The highest BCUT2D eigenvalue weighted by atomic mass is 31.2. The highest BCUT2D eigenvalue weighted by Gasteiger charge is 2.17. The fourth-order valence-corrected chi connectivity index (χ4v) is 1.38. The molecular formula is C9H19O7P. The van der Waals surface area contributed by atoms with Gasteiger partial charge in [-0.25, -0.2) is 4.57 Å². The summed E-state index contributed by atoms with van der Waals surface area (Å²) >= 11 is 0. The molecule has 0 aliphatic carbocycles. The van der Waals surface area contributed by atoms with Crippen molar-refractivity contribution in [2.45, 2.75) is 38.7 Å². The Hall–Kier alpha value is -0.460. The van der Waals surface area contributed by atoms with Crippen molar-refractivity contribution in [3.63, 3.8) is 0 Å². The second-order valence-corrected chi connectivity index (χ2v) is 4.82. The summed E-state index contributed by atoms with van der Waals surface area (Å²) in [6.45, 7) is 1.10. The first kappa shape index (κ1) is 16.5. The Labute approximate surface area is 100.0 Å². The van der Waals surface area contributed by atoms with Gasteiger partial charge in [0, 0.05) is 6.42 Å². The number of unbranched alkanes of at least 4 members (excludes halogenated alkanes) is 2. The van der Waals surface area contributed by atoms with Crippen LogP contribution < -0.4 is 0 Å². The number of phosphoric ester groups is 1. The molecule has 0 bridgehead atoms. The summed E-state index contributed by atoms with van der Waals surface area (Å²) in [5, 5.41) is 9.19. The van der Waals surface area contributed by atoms with Crippen molar-refractivity contribution in [3.8, 4) is 0 Å². The van der Waals surface area contributed by atoms with Gasteiger partial charge in [-0.1, -0.05) is 19.8 Å². The van der Waals surface area contributed by atoms with Gasteiger partial charge in [0.15, 0.2) is 0 Å². The zero-order chi connectivity index (χ0) is 13.3. The molecule has 0 saturated carbocycles. The Morgan fingerprint density at radius 3 is 2.47 bits per heavy atom. The molecule has 0 fully saturated rings. The van der Waals surface area contributed by atoms with E-state index < -0.39 is 26.5 Å². The van der Waals surface area contributed by atoms with Gasteiger partial charge in [-0.3, -0.25) is 9.32 Å². The maximum atomic E-state index is 11.1. The molecule has 0 amide bonds. The lowest BCUT2D eigenvalue weighted by Gasteiger charge is -2.12. The van der Waals surface area contributed by atoms with Crippen LogP contribution in [-0.2, 0) is 18.6 Å². The number of esters is 1. The van der Waals surface area contributed by atoms with Gasteiger partial charge in [-0.2, -0.15) is 0 Å². The largest absolute Gasteiger partial charge is 0.469 e. The molecule has 0 aromatic carbocycles. The van der Waals surface area contributed by atoms with Crippen molar-refractivity contribution in [2.75, 3.05) is 13.2 Å². The van der Waals surface area contributed by atoms with Crippen LogP contribution in [-0.4, -0.2) is 40.2 Å². The molecule has 17 heavy (non-hydrogen) atoms. The van der Waals surface area contributed by atoms with Gasteiger partial charge in [0.2, 0.25) is 0 Å². The summed E-state index contributed by atoms with van der Waals surface area (Å²) in [6.07, 6.45) is 1.69. The molecule has 0 radical (unpaired) electrons. The third-order valence-corrected chi connectivity index (χ3v) is 2.34. The standard InChI is InChI=1S/C9H19O7P/c1-2-3-4-5-9(11)15-6-8(10)7-16-17(12,13)14/h8,10H,2-7H2,1H3,(H2,12,13,14)/t8-/m1/s1. The summed E-state index contributed by atoms with van der Waals surface area (Å²) in [4.78, 5) is 27.8. The number of phosphoric acid groups is 1. The smallest absolute Gasteiger partial charge is 0.463 e. The van der Waals surface area contributed by atoms with E-state index in [-0.39, 0.29) is 13.0 Å². The summed E-state index contributed by atoms with van der Waals surface area (Å²) in [5.74, 6) is -0.436. The van der Waals surface area contributed by atoms with E-state index in [0.29, 0.717) is 0 Å². The lowest BCUT2D eigenvalue weighted by Crippen LogP contribution is -2.23. The monoisotopic (exact) mass is 270 g/mol. The fraction of sp³-hybridized carbons (Fsp3) is 0.889. The number of rotatable bonds is 9. The average molecular weight is 270 g/mol. The van der Waals surface area contributed by atoms with Crippen molar-refractivity contribution in [1.29, 1.82) is 0 Å². The molecule has 0 rings (SSSR count). The highest BCUT2D eigenvalue weighted by Crippen LogP contribution is 2.35. The molecule has 0 aromatic heterocycles. The Morgan fingerprint density at radius 2 is 1.94 bits per heavy atom. The van der Waals surface area contributed by atoms with Crippen molar-refractivity contribution in [2.24, 2.45) is 0 Å². The molecule has 1 atom stereocenters. The van der Waals surface area contributed by atoms with Crippen LogP contribution in [0.5, 0.6) is 0 Å². The maximum Gasteiger partial charge on any atom is 0.469 e. The summed E-state index contributed by atoms with van der Waals surface area (Å²) in [5.41, 5.74) is 0. The minimum Gasteiger partial charge on any atom is -0.463 e. The van der Waals surface area contributed by atoms with Crippen LogP contribution in [0.3, 0.4) is 0 Å². The fourth-order valence-electron chi connectivity index (χ4n) is 1.01. The molecular weight excluding hydrogens is 251 g/mol. The van der Waals surface area contributed by atoms with Crippen LogP contribution in [0, 0.1) is 0 Å². The van der Waals surface area contributed by atoms with E-state index in [1.807, 2.05) is 6.92 Å². The van der Waals surface area contributed by atoms with Gasteiger partial charge < -0.3 is 19.6 Å². The number of aliphatic hydroxyl groups is 1. The van der Waals surface area contributed by atoms with Gasteiger partial charge >= 0.3 is 13.8 Å². The van der Waals surface area contributed by atoms with Crippen LogP contribution >= 0.6 is 7.82 Å². The van der Waals surface area contributed by atoms with Crippen molar-refractivity contribution in [1.82, 2.24) is 0 Å². The second kappa shape index (κ2) is 8.60. The van der Waals surface area contributed by atoms with Gasteiger partial charge in [0.1, 0.15) is 12.7 Å². The number of carbonyl (C=O) groups is 1. The van der Waals surface area contributed by atoms with Crippen LogP contribution in [0.1, 0.15) is 32.6 Å². The number of ether oxygens (including phenoxy) is 1. The minimum absolute atomic E-state index is 0.278. The predicted octanol–water partition coefficient (Wildman–Crippen LogP) is 0.580. The maximum absolute atomic E-state index is 11.1. The van der Waals surface area contributed by atoms with Gasteiger partial charge in [-0.05, 0) is 6.42 Å². The van der Waals surface area contributed by atoms with E-state index >= 15 is 0 Å². The zero-order valence-corrected chi connectivity index (χ0v) is 10.6. The van der Waals surface area contributed by atoms with Gasteiger partial charge in [0.05, 0.1) is 6.61 Å². The average Bonchev–Trinajstić information content (AvgIpc) is 2.23. The molecule has 0 spiro atoms. The first-order valence-corrected chi connectivity index (χ1v) is 6.92. The zero-order valence-electron chi connectivity index (χ0n) is 9.74. The highest BCUT2D eigenvalue weighted by molar-refractivity contribution is 7.46. The van der Waals surface area contributed by atoms with E-state index in [2.05, 4.69) is 4.52 Å². The van der Waals surface area contributed by atoms with Crippen LogP contribution in [0.2, 0.25) is 0 Å². The topological polar surface area (TPSA) is 113 Å². The molecule has 3 N–H and O–H groups in total. The van der Waals surface area contributed by atoms with Crippen molar-refractivity contribution < 1.29 is 33.5 Å². The van der Waals surface area contributed by atoms with E-state index in [9.17, 15) is 14.5 Å². The molecule has 0 aliphatic rings. The van der Waals surface area contributed by atoms with Crippen molar-refractivity contribution in [3.05, 3.63) is 0 Å². The predicted molar refractivity (Wildman–Crippen MR) is 59.1 cm³/mol. The normalized spacial score (nSPS) is 13.4. The van der Waals surface area contributed by atoms with E-state index in [4.69, 9.17) is 14.5 Å². The lowest BCUT2D eigenvalue weighted by atomic mass is 10.2. The van der Waals surface area contributed by atoms with E-state index in [1.165, 1.54) is 0 Å². The molecule has 8 heteroatoms. The molecule has 7 nitrogen and oxygen atoms in total. The number of carbonyl (C=O) groups excluding carboxylic acids is 1. The summed E-state index contributed by atoms with van der Waals surface area (Å²) in [6, 6.07) is 0. The third kappa shape index (κ3) is 11.8. The first-order chi connectivity index (χ1) is 7.85. The van der Waals surface area contributed by atoms with Crippen molar-refractivity contribution >= 4 is 13.8 Å². The second-order valence-electron chi connectivity index (χ2n) is 3.58. The molecule has 0 aliphatic heterocycles. The van der Waals surface area contributed by atoms with Crippen LogP contribution in [0.15, 0.2) is 0 Å². The number of hydrogen-bond acceptors (Lipinski definition) is 5. The Bertz CT molecular complexity index is 262. The number of hydrogen-bond donors (Lipinski definition) is 3. The summed E-state index contributed by atoms with van der Waals surface area (Å²) < 4.78 is 19.0. The van der Waals surface area contributed by atoms with Crippen LogP contribution in [0.4, 0.5) is 0 Å². The Morgan fingerprint density at radius 1 is 1.29 bits per heavy atom. The SMILES string of the molecule is CCCCCC(=O)OC[C@@H](O)COP(=O)(O)O. The minimum atomic E-state index is -4.59. The Balaban J connectivity index is 3.59. The van der Waals surface area contributed by atoms with Crippen LogP contribution in [0.25, 0.3) is 0 Å². The molecule has 0 heterocycles. The first-order valence-electron chi connectivity index (χ1n) is 5.39. The summed E-state index contributed by atoms with van der Waals surface area (Å²) in [7, 11) is -4.59.